The Morgan fingerprint density at radius 3 is 2.65 bits per heavy atom. The Hall–Kier alpha value is -4.38. The first-order valence-electron chi connectivity index (χ1n) is 11.6. The number of benzene rings is 1. The Labute approximate surface area is 214 Å². The summed E-state index contributed by atoms with van der Waals surface area (Å²) in [6, 6.07) is 5.62. The van der Waals surface area contributed by atoms with Crippen molar-refractivity contribution in [3.8, 4) is 11.5 Å². The molecule has 0 amide bonds. The van der Waals surface area contributed by atoms with Gasteiger partial charge in [-0.3, -0.25) is 18.6 Å². The minimum Gasteiger partial charge on any atom is -0.361 e. The Morgan fingerprint density at radius 2 is 1.95 bits per heavy atom. The molecule has 6 rings (SSSR count). The topological polar surface area (TPSA) is 121 Å². The molecule has 1 N–H and O–H groups in total. The van der Waals surface area contributed by atoms with Crippen LogP contribution in [-0.2, 0) is 27.2 Å². The average Bonchev–Trinajstić information content (AvgIpc) is 3.63. The molecule has 0 saturated carbocycles. The summed E-state index contributed by atoms with van der Waals surface area (Å²) in [5.41, 5.74) is 3.16. The standard InChI is InChI=1S/C25H23ClN8O3/c1-13-18(14(2)37-30-13)12-33-22-20(24(35)32(4)25(33)36)21(23-27-7-8-31(23)3)34(29-22)11-15-10-28-19-6-5-16(26)9-17(15)19/h5-10,28H,11-12H2,1-4H3. The average molecular weight is 519 g/mol. The highest BCUT2D eigenvalue weighted by Gasteiger charge is 2.26. The van der Waals surface area contributed by atoms with Gasteiger partial charge in [0.25, 0.3) is 5.56 Å². The molecule has 0 aliphatic carbocycles. The number of aromatic nitrogens is 8. The van der Waals surface area contributed by atoms with Crippen molar-refractivity contribution in [1.29, 1.82) is 0 Å². The molecule has 12 heteroatoms. The van der Waals surface area contributed by atoms with E-state index >= 15 is 0 Å². The van der Waals surface area contributed by atoms with Gasteiger partial charge in [0, 0.05) is 54.2 Å². The van der Waals surface area contributed by atoms with Gasteiger partial charge in [-0.25, -0.2) is 9.78 Å². The van der Waals surface area contributed by atoms with Gasteiger partial charge < -0.3 is 14.1 Å². The van der Waals surface area contributed by atoms with Gasteiger partial charge in [-0.1, -0.05) is 16.8 Å². The van der Waals surface area contributed by atoms with Crippen molar-refractivity contribution in [1.82, 2.24) is 38.6 Å². The number of fused-ring (bicyclic) bond motifs is 2. The number of H-pyrrole nitrogens is 1. The predicted molar refractivity (Wildman–Crippen MR) is 139 cm³/mol. The molecule has 1 aromatic carbocycles. The SMILES string of the molecule is Cc1noc(C)c1Cn1c(=O)n(C)c(=O)c2c(-c3nccn3C)n(Cc3c[nH]c4ccc(Cl)cc34)nc21. The van der Waals surface area contributed by atoms with Gasteiger partial charge in [0.1, 0.15) is 16.8 Å². The molecule has 0 bridgehead atoms. The molecule has 0 aliphatic heterocycles. The summed E-state index contributed by atoms with van der Waals surface area (Å²) in [7, 11) is 3.32. The second-order valence-electron chi connectivity index (χ2n) is 9.11. The second kappa shape index (κ2) is 8.34. The zero-order chi connectivity index (χ0) is 26.0. The van der Waals surface area contributed by atoms with Crippen LogP contribution in [-0.4, -0.2) is 38.6 Å². The van der Waals surface area contributed by atoms with Crippen LogP contribution in [0.2, 0.25) is 5.02 Å². The molecule has 5 aromatic heterocycles. The van der Waals surface area contributed by atoms with Gasteiger partial charge in [-0.05, 0) is 37.6 Å². The van der Waals surface area contributed by atoms with E-state index in [1.807, 2.05) is 42.9 Å². The van der Waals surface area contributed by atoms with Crippen LogP contribution in [0.15, 0.2) is 50.9 Å². The van der Waals surface area contributed by atoms with E-state index in [0.717, 1.165) is 26.6 Å². The number of hydrogen-bond donors (Lipinski definition) is 1. The monoisotopic (exact) mass is 518 g/mol. The molecule has 0 unspecified atom stereocenters. The van der Waals surface area contributed by atoms with Gasteiger partial charge in [-0.2, -0.15) is 5.10 Å². The van der Waals surface area contributed by atoms with E-state index in [4.69, 9.17) is 21.2 Å². The molecule has 5 heterocycles. The lowest BCUT2D eigenvalue weighted by molar-refractivity contribution is 0.392. The molecule has 0 radical (unpaired) electrons. The van der Waals surface area contributed by atoms with Crippen LogP contribution in [0.1, 0.15) is 22.6 Å². The number of hydrogen-bond acceptors (Lipinski definition) is 6. The smallest absolute Gasteiger partial charge is 0.332 e. The van der Waals surface area contributed by atoms with E-state index in [9.17, 15) is 9.59 Å². The summed E-state index contributed by atoms with van der Waals surface area (Å²) in [5.74, 6) is 1.16. The molecule has 0 aliphatic rings. The normalized spacial score (nSPS) is 11.8. The maximum Gasteiger partial charge on any atom is 0.332 e. The fourth-order valence-corrected chi connectivity index (χ4v) is 4.94. The van der Waals surface area contributed by atoms with Gasteiger partial charge in [0.2, 0.25) is 0 Å². The van der Waals surface area contributed by atoms with E-state index < -0.39 is 11.2 Å². The van der Waals surface area contributed by atoms with Crippen molar-refractivity contribution < 1.29 is 4.52 Å². The molecule has 37 heavy (non-hydrogen) atoms. The molecule has 0 atom stereocenters. The third kappa shape index (κ3) is 3.53. The lowest BCUT2D eigenvalue weighted by atomic mass is 10.1. The maximum atomic E-state index is 13.5. The number of imidazole rings is 1. The van der Waals surface area contributed by atoms with E-state index in [1.54, 1.807) is 24.0 Å². The fourth-order valence-electron chi connectivity index (χ4n) is 4.77. The van der Waals surface area contributed by atoms with Crippen molar-refractivity contribution >= 4 is 33.5 Å². The Bertz CT molecular complexity index is 1930. The van der Waals surface area contributed by atoms with Gasteiger partial charge in [0.05, 0.1) is 18.8 Å². The summed E-state index contributed by atoms with van der Waals surface area (Å²) >= 11 is 6.27. The summed E-state index contributed by atoms with van der Waals surface area (Å²) in [6.07, 6.45) is 5.35. The first-order chi connectivity index (χ1) is 17.7. The second-order valence-corrected chi connectivity index (χ2v) is 9.54. The van der Waals surface area contributed by atoms with Crippen LogP contribution in [0.5, 0.6) is 0 Å². The van der Waals surface area contributed by atoms with Gasteiger partial charge in [-0.15, -0.1) is 0 Å². The van der Waals surface area contributed by atoms with Crippen LogP contribution in [0, 0.1) is 13.8 Å². The van der Waals surface area contributed by atoms with E-state index in [2.05, 4.69) is 15.1 Å². The van der Waals surface area contributed by atoms with Crippen molar-refractivity contribution in [2.24, 2.45) is 14.1 Å². The van der Waals surface area contributed by atoms with E-state index in [1.165, 1.54) is 11.6 Å². The third-order valence-electron chi connectivity index (χ3n) is 6.81. The maximum absolute atomic E-state index is 13.5. The molecule has 0 fully saturated rings. The lowest BCUT2D eigenvalue weighted by Crippen LogP contribution is -2.38. The van der Waals surface area contributed by atoms with Crippen LogP contribution in [0.25, 0.3) is 33.5 Å². The van der Waals surface area contributed by atoms with Crippen LogP contribution in [0.4, 0.5) is 0 Å². The lowest BCUT2D eigenvalue weighted by Gasteiger charge is -2.09. The minimum absolute atomic E-state index is 0.157. The van der Waals surface area contributed by atoms with E-state index in [-0.39, 0.29) is 12.2 Å². The van der Waals surface area contributed by atoms with Gasteiger partial charge >= 0.3 is 5.69 Å². The minimum atomic E-state index is -0.479. The Balaban J connectivity index is 1.65. The number of nitrogens with zero attached hydrogens (tertiary/aromatic N) is 7. The highest BCUT2D eigenvalue weighted by Crippen LogP contribution is 2.29. The number of aryl methyl sites for hydroxylation is 3. The zero-order valence-electron chi connectivity index (χ0n) is 20.6. The number of rotatable bonds is 5. The molecular weight excluding hydrogens is 496 g/mol. The summed E-state index contributed by atoms with van der Waals surface area (Å²) in [4.78, 5) is 34.7. The van der Waals surface area contributed by atoms with Crippen LogP contribution >= 0.6 is 11.6 Å². The van der Waals surface area contributed by atoms with Crippen LogP contribution < -0.4 is 11.2 Å². The molecule has 188 valence electrons. The first-order valence-corrected chi connectivity index (χ1v) is 12.0. The van der Waals surface area contributed by atoms with E-state index in [0.29, 0.717) is 39.9 Å². The first kappa shape index (κ1) is 23.0. The Morgan fingerprint density at radius 1 is 1.14 bits per heavy atom. The molecule has 11 nitrogen and oxygen atoms in total. The molecule has 6 aromatic rings. The van der Waals surface area contributed by atoms with Crippen molar-refractivity contribution in [3.05, 3.63) is 85.2 Å². The molecular formula is C25H23ClN8O3. The molecule has 0 spiro atoms. The predicted octanol–water partition coefficient (Wildman–Crippen LogP) is 3.13. The highest BCUT2D eigenvalue weighted by atomic mass is 35.5. The fraction of sp³-hybridized carbons (Fsp3) is 0.240. The quantitative estimate of drug-likeness (QED) is 0.374. The summed E-state index contributed by atoms with van der Waals surface area (Å²) in [5, 5.41) is 10.7. The molecule has 0 saturated heterocycles. The summed E-state index contributed by atoms with van der Waals surface area (Å²) < 4.78 is 11.4. The van der Waals surface area contributed by atoms with Crippen molar-refractivity contribution in [2.45, 2.75) is 26.9 Å². The number of aromatic amines is 1. The van der Waals surface area contributed by atoms with Crippen LogP contribution in [0.3, 0.4) is 0 Å². The van der Waals surface area contributed by atoms with Crippen molar-refractivity contribution in [3.63, 3.8) is 0 Å². The largest absolute Gasteiger partial charge is 0.361 e. The Kier molecular flexibility index (Phi) is 5.19. The zero-order valence-corrected chi connectivity index (χ0v) is 21.4. The third-order valence-corrected chi connectivity index (χ3v) is 7.04. The highest BCUT2D eigenvalue weighted by molar-refractivity contribution is 6.31. The summed E-state index contributed by atoms with van der Waals surface area (Å²) in [6.45, 7) is 4.08. The van der Waals surface area contributed by atoms with Gasteiger partial charge in [0.15, 0.2) is 11.5 Å². The van der Waals surface area contributed by atoms with Crippen molar-refractivity contribution in [2.75, 3.05) is 0 Å². The number of halogens is 1. The number of nitrogens with one attached hydrogen (secondary N) is 1.